The van der Waals surface area contributed by atoms with Gasteiger partial charge < -0.3 is 15.4 Å². The van der Waals surface area contributed by atoms with E-state index >= 15 is 0 Å². The van der Waals surface area contributed by atoms with Gasteiger partial charge >= 0.3 is 0 Å². The number of aromatic hydroxyl groups is 1. The highest BCUT2D eigenvalue weighted by atomic mass is 79.9. The minimum absolute atomic E-state index is 0.0541. The summed E-state index contributed by atoms with van der Waals surface area (Å²) in [6, 6.07) is 19.2. The number of rotatable bonds is 4. The van der Waals surface area contributed by atoms with Crippen molar-refractivity contribution in [1.82, 2.24) is 10.3 Å². The molecule has 1 aliphatic heterocycles. The van der Waals surface area contributed by atoms with Crippen molar-refractivity contribution in [2.24, 2.45) is 9.98 Å². The second kappa shape index (κ2) is 8.05. The number of amides is 1. The summed E-state index contributed by atoms with van der Waals surface area (Å²) in [5.41, 5.74) is 1.56. The van der Waals surface area contributed by atoms with Gasteiger partial charge in [-0.2, -0.15) is 0 Å². The number of nitrogens with one attached hydrogen (secondary N) is 2. The molecule has 0 aliphatic carbocycles. The average Bonchev–Trinajstić information content (AvgIpc) is 3.35. The summed E-state index contributed by atoms with van der Waals surface area (Å²) in [6.07, 6.45) is 0. The predicted octanol–water partition coefficient (Wildman–Crippen LogP) is 3.71. The molecule has 1 aliphatic rings. The molecule has 0 saturated heterocycles. The van der Waals surface area contributed by atoms with Crippen molar-refractivity contribution in [3.05, 3.63) is 105 Å². The van der Waals surface area contributed by atoms with Crippen molar-refractivity contribution in [2.45, 2.75) is 6.54 Å². The van der Waals surface area contributed by atoms with Gasteiger partial charge in [-0.15, -0.1) is 0 Å². The number of hydrogen-bond donors (Lipinski definition) is 3. The van der Waals surface area contributed by atoms with Crippen LogP contribution in [0.15, 0.2) is 87.0 Å². The number of carbonyl (C=O) groups is 1. The van der Waals surface area contributed by atoms with E-state index in [0.717, 1.165) is 5.56 Å². The molecule has 32 heavy (non-hydrogen) atoms. The SMILES string of the molecule is O=C(NCc1ccccc1)C(=C1N=c2ccccc2=N1)c1c(O)[nH]c2c(Br)cc(F)cc12. The number of aromatic nitrogens is 1. The lowest BCUT2D eigenvalue weighted by atomic mass is 10.0. The van der Waals surface area contributed by atoms with E-state index in [1.165, 1.54) is 12.1 Å². The molecule has 8 heteroatoms. The zero-order valence-electron chi connectivity index (χ0n) is 16.6. The summed E-state index contributed by atoms with van der Waals surface area (Å²) in [4.78, 5) is 25.2. The van der Waals surface area contributed by atoms with Gasteiger partial charge in [0.2, 0.25) is 0 Å². The number of nitrogens with zero attached hydrogens (tertiary/aromatic N) is 2. The first kappa shape index (κ1) is 20.1. The van der Waals surface area contributed by atoms with E-state index < -0.39 is 11.7 Å². The van der Waals surface area contributed by atoms with E-state index in [2.05, 4.69) is 36.2 Å². The van der Waals surface area contributed by atoms with Crippen molar-refractivity contribution < 1.29 is 14.3 Å². The van der Waals surface area contributed by atoms with E-state index in [4.69, 9.17) is 0 Å². The minimum Gasteiger partial charge on any atom is -0.494 e. The zero-order valence-corrected chi connectivity index (χ0v) is 18.1. The number of hydrogen-bond acceptors (Lipinski definition) is 4. The summed E-state index contributed by atoms with van der Waals surface area (Å²) >= 11 is 3.30. The first-order chi connectivity index (χ1) is 15.5. The molecule has 0 radical (unpaired) electrons. The molecular formula is C24H16BrFN4O2. The fourth-order valence-corrected chi connectivity index (χ4v) is 4.20. The van der Waals surface area contributed by atoms with Crippen molar-refractivity contribution >= 4 is 38.3 Å². The Morgan fingerprint density at radius 3 is 2.38 bits per heavy atom. The van der Waals surface area contributed by atoms with Crippen LogP contribution in [0.5, 0.6) is 5.88 Å². The molecule has 0 fully saturated rings. The zero-order chi connectivity index (χ0) is 22.2. The lowest BCUT2D eigenvalue weighted by molar-refractivity contribution is -0.115. The van der Waals surface area contributed by atoms with Gasteiger partial charge in [0.1, 0.15) is 5.82 Å². The molecule has 158 valence electrons. The molecule has 3 aromatic carbocycles. The molecule has 4 aromatic rings. The average molecular weight is 491 g/mol. The lowest BCUT2D eigenvalue weighted by Gasteiger charge is -2.10. The maximum atomic E-state index is 14.2. The Labute approximate surface area is 190 Å². The fraction of sp³-hybridized carbons (Fsp3) is 0.0417. The molecule has 6 nitrogen and oxygen atoms in total. The molecule has 0 spiro atoms. The van der Waals surface area contributed by atoms with Crippen molar-refractivity contribution in [2.75, 3.05) is 0 Å². The van der Waals surface area contributed by atoms with E-state index in [-0.39, 0.29) is 29.4 Å². The third kappa shape index (κ3) is 3.58. The molecule has 0 bridgehead atoms. The van der Waals surface area contributed by atoms with Gasteiger partial charge in [0, 0.05) is 16.4 Å². The molecule has 0 unspecified atom stereocenters. The van der Waals surface area contributed by atoms with Crippen molar-refractivity contribution in [3.63, 3.8) is 0 Å². The first-order valence-corrected chi connectivity index (χ1v) is 10.6. The smallest absolute Gasteiger partial charge is 0.256 e. The Kier molecular flexibility index (Phi) is 5.07. The number of benzene rings is 3. The van der Waals surface area contributed by atoms with E-state index in [0.29, 0.717) is 26.1 Å². The molecule has 1 aromatic heterocycles. The third-order valence-corrected chi connectivity index (χ3v) is 5.76. The summed E-state index contributed by atoms with van der Waals surface area (Å²) in [6.45, 7) is 0.268. The number of halogens is 2. The molecule has 3 N–H and O–H groups in total. The Morgan fingerprint density at radius 1 is 1.03 bits per heavy atom. The van der Waals surface area contributed by atoms with E-state index in [1.807, 2.05) is 42.5 Å². The van der Waals surface area contributed by atoms with Crippen LogP contribution < -0.4 is 16.0 Å². The van der Waals surface area contributed by atoms with Gasteiger partial charge in [-0.05, 0) is 45.8 Å². The molecule has 0 saturated carbocycles. The van der Waals surface area contributed by atoms with Gasteiger partial charge in [-0.25, -0.2) is 14.4 Å². The van der Waals surface area contributed by atoms with Crippen LogP contribution in [0, 0.1) is 5.82 Å². The summed E-state index contributed by atoms with van der Waals surface area (Å²) in [5.74, 6) is -1.12. The Balaban J connectivity index is 1.69. The number of fused-ring (bicyclic) bond motifs is 2. The van der Waals surface area contributed by atoms with E-state index in [9.17, 15) is 14.3 Å². The Morgan fingerprint density at radius 2 is 1.69 bits per heavy atom. The monoisotopic (exact) mass is 490 g/mol. The minimum atomic E-state index is -0.512. The topological polar surface area (TPSA) is 89.8 Å². The third-order valence-electron chi connectivity index (χ3n) is 5.14. The quantitative estimate of drug-likeness (QED) is 0.380. The maximum absolute atomic E-state index is 14.2. The predicted molar refractivity (Wildman–Crippen MR) is 122 cm³/mol. The molecular weight excluding hydrogens is 475 g/mol. The number of para-hydroxylation sites is 2. The van der Waals surface area contributed by atoms with Gasteiger partial charge in [-0.3, -0.25) is 4.79 Å². The van der Waals surface area contributed by atoms with Crippen LogP contribution in [0.1, 0.15) is 11.1 Å². The standard InChI is InChI=1S/C24H16BrFN4O2/c25-16-11-14(26)10-15-19(24(32)30-21(15)16)20(22-28-17-8-4-5-9-18(17)29-22)23(31)27-12-13-6-2-1-3-7-13/h1-11,30,32H,12H2,(H,27,31). The van der Waals surface area contributed by atoms with Crippen LogP contribution in [-0.2, 0) is 11.3 Å². The summed E-state index contributed by atoms with van der Waals surface area (Å²) < 4.78 is 14.6. The molecule has 5 rings (SSSR count). The van der Waals surface area contributed by atoms with Gasteiger partial charge in [0.05, 0.1) is 27.4 Å². The van der Waals surface area contributed by atoms with Crippen LogP contribution in [0.2, 0.25) is 0 Å². The highest BCUT2D eigenvalue weighted by Crippen LogP contribution is 2.39. The van der Waals surface area contributed by atoms with Crippen molar-refractivity contribution in [1.29, 1.82) is 0 Å². The largest absolute Gasteiger partial charge is 0.494 e. The van der Waals surface area contributed by atoms with Crippen molar-refractivity contribution in [3.8, 4) is 5.88 Å². The van der Waals surface area contributed by atoms with E-state index in [1.54, 1.807) is 12.1 Å². The first-order valence-electron chi connectivity index (χ1n) is 9.80. The normalized spacial score (nSPS) is 12.2. The van der Waals surface area contributed by atoms with Crippen LogP contribution in [0.4, 0.5) is 4.39 Å². The fourth-order valence-electron chi connectivity index (χ4n) is 3.67. The maximum Gasteiger partial charge on any atom is 0.256 e. The lowest BCUT2D eigenvalue weighted by Crippen LogP contribution is -2.24. The Hall–Kier alpha value is -3.78. The number of carbonyl (C=O) groups excluding carboxylic acids is 1. The van der Waals surface area contributed by atoms with Crippen LogP contribution >= 0.6 is 15.9 Å². The highest BCUT2D eigenvalue weighted by Gasteiger charge is 2.27. The molecule has 0 atom stereocenters. The van der Waals surface area contributed by atoms with Gasteiger partial charge in [0.25, 0.3) is 5.91 Å². The Bertz CT molecular complexity index is 1490. The molecule has 1 amide bonds. The number of H-pyrrole nitrogens is 1. The van der Waals surface area contributed by atoms with Gasteiger partial charge in [-0.1, -0.05) is 42.5 Å². The second-order valence-electron chi connectivity index (χ2n) is 7.24. The summed E-state index contributed by atoms with van der Waals surface area (Å²) in [7, 11) is 0. The van der Waals surface area contributed by atoms with Crippen LogP contribution in [0.3, 0.4) is 0 Å². The van der Waals surface area contributed by atoms with Crippen LogP contribution in [-0.4, -0.2) is 16.0 Å². The highest BCUT2D eigenvalue weighted by molar-refractivity contribution is 9.10. The second-order valence-corrected chi connectivity index (χ2v) is 8.09. The summed E-state index contributed by atoms with van der Waals surface area (Å²) in [5, 5.41) is 15.2. The van der Waals surface area contributed by atoms with Crippen LogP contribution in [0.25, 0.3) is 16.5 Å². The van der Waals surface area contributed by atoms with Gasteiger partial charge in [0.15, 0.2) is 11.7 Å². The molecule has 2 heterocycles. The number of aromatic amines is 1.